The molecule has 1 amide bonds. The quantitative estimate of drug-likeness (QED) is 0.194. The van der Waals surface area contributed by atoms with Gasteiger partial charge in [0.25, 0.3) is 5.91 Å². The van der Waals surface area contributed by atoms with Crippen molar-refractivity contribution in [3.8, 4) is 0 Å². The summed E-state index contributed by atoms with van der Waals surface area (Å²) in [5.74, 6) is -0.768. The van der Waals surface area contributed by atoms with Crippen LogP contribution in [0, 0.1) is 0 Å². The summed E-state index contributed by atoms with van der Waals surface area (Å²) >= 11 is 0. The van der Waals surface area contributed by atoms with Crippen molar-refractivity contribution in [2.75, 3.05) is 19.4 Å². The molecule has 9 heteroatoms. The largest absolute Gasteiger partial charge is 0.354 e. The lowest BCUT2D eigenvalue weighted by Crippen LogP contribution is -2.43. The first-order valence-corrected chi connectivity index (χ1v) is 6.06. The van der Waals surface area contributed by atoms with Crippen LogP contribution in [0.4, 0.5) is 0 Å². The van der Waals surface area contributed by atoms with Gasteiger partial charge in [-0.1, -0.05) is 0 Å². The molecule has 0 aliphatic rings. The second-order valence-corrected chi connectivity index (χ2v) is 4.44. The summed E-state index contributed by atoms with van der Waals surface area (Å²) in [6.45, 7) is 0.637. The number of carbonyl (C=O) groups is 1. The van der Waals surface area contributed by atoms with Crippen LogP contribution in [0.1, 0.15) is 6.42 Å². The zero-order valence-corrected chi connectivity index (χ0v) is 9.02. The monoisotopic (exact) mass is 241 g/mol. The molecule has 0 heterocycles. The molecule has 0 bridgehead atoms. The molecule has 15 heavy (non-hydrogen) atoms. The maximum Gasteiger partial charge on any atom is 0.344 e. The summed E-state index contributed by atoms with van der Waals surface area (Å²) < 4.78 is 15.2. The van der Waals surface area contributed by atoms with Crippen molar-refractivity contribution in [1.82, 2.24) is 5.32 Å². The van der Waals surface area contributed by atoms with Crippen molar-refractivity contribution in [2.24, 2.45) is 11.5 Å². The molecule has 0 aliphatic carbocycles. The Bertz CT molecular complexity index is 243. The molecule has 90 valence electrons. The molecular formula is C6H16N3O5P. The summed E-state index contributed by atoms with van der Waals surface area (Å²) in [7, 11) is -4.25. The van der Waals surface area contributed by atoms with Crippen LogP contribution in [-0.2, 0) is 14.1 Å². The summed E-state index contributed by atoms with van der Waals surface area (Å²) in [5.41, 5.74) is 10.4. The number of amides is 1. The van der Waals surface area contributed by atoms with E-state index in [-0.39, 0.29) is 6.61 Å². The SMILES string of the molecule is NCCCO[C@H](N)C(=O)NCP(=O)(O)O. The number of nitrogens with one attached hydrogen (secondary N) is 1. The first-order chi connectivity index (χ1) is 6.87. The van der Waals surface area contributed by atoms with Gasteiger partial charge in [-0.3, -0.25) is 15.1 Å². The summed E-state index contributed by atoms with van der Waals surface area (Å²) in [6, 6.07) is 0. The van der Waals surface area contributed by atoms with Gasteiger partial charge in [0.05, 0.1) is 6.61 Å². The van der Waals surface area contributed by atoms with Gasteiger partial charge < -0.3 is 25.6 Å². The Balaban J connectivity index is 3.74. The lowest BCUT2D eigenvalue weighted by atomic mass is 10.4. The lowest BCUT2D eigenvalue weighted by Gasteiger charge is -2.13. The van der Waals surface area contributed by atoms with Gasteiger partial charge >= 0.3 is 7.60 Å². The van der Waals surface area contributed by atoms with Crippen molar-refractivity contribution in [1.29, 1.82) is 0 Å². The number of rotatable bonds is 7. The van der Waals surface area contributed by atoms with Crippen LogP contribution in [0.15, 0.2) is 0 Å². The Morgan fingerprint density at radius 3 is 2.60 bits per heavy atom. The maximum atomic E-state index is 11.0. The van der Waals surface area contributed by atoms with Crippen molar-refractivity contribution in [3.63, 3.8) is 0 Å². The molecule has 0 radical (unpaired) electrons. The van der Waals surface area contributed by atoms with E-state index in [4.69, 9.17) is 26.0 Å². The Morgan fingerprint density at radius 2 is 2.13 bits per heavy atom. The summed E-state index contributed by atoms with van der Waals surface area (Å²) in [6.07, 6.45) is -1.43. The van der Waals surface area contributed by atoms with E-state index < -0.39 is 26.0 Å². The van der Waals surface area contributed by atoms with E-state index in [0.717, 1.165) is 0 Å². The average Bonchev–Trinajstić information content (AvgIpc) is 2.13. The van der Waals surface area contributed by atoms with Crippen LogP contribution in [-0.4, -0.2) is 41.4 Å². The van der Waals surface area contributed by atoms with Crippen molar-refractivity contribution in [3.05, 3.63) is 0 Å². The molecular weight excluding hydrogens is 225 g/mol. The van der Waals surface area contributed by atoms with Gasteiger partial charge in [0, 0.05) is 0 Å². The highest BCUT2D eigenvalue weighted by molar-refractivity contribution is 7.51. The number of hydrogen-bond acceptors (Lipinski definition) is 5. The Hall–Kier alpha value is -0.500. The molecule has 0 aromatic heterocycles. The van der Waals surface area contributed by atoms with Crippen LogP contribution in [0.3, 0.4) is 0 Å². The fourth-order valence-electron chi connectivity index (χ4n) is 0.651. The van der Waals surface area contributed by atoms with E-state index in [2.05, 4.69) is 0 Å². The van der Waals surface area contributed by atoms with Gasteiger partial charge in [0.1, 0.15) is 6.29 Å². The van der Waals surface area contributed by atoms with Gasteiger partial charge in [0.15, 0.2) is 6.23 Å². The van der Waals surface area contributed by atoms with Gasteiger partial charge in [-0.05, 0) is 13.0 Å². The molecule has 0 aliphatic heterocycles. The zero-order chi connectivity index (χ0) is 11.9. The molecule has 8 nitrogen and oxygen atoms in total. The minimum atomic E-state index is -4.25. The van der Waals surface area contributed by atoms with E-state index in [1.54, 1.807) is 0 Å². The van der Waals surface area contributed by atoms with Gasteiger partial charge in [-0.2, -0.15) is 0 Å². The Kier molecular flexibility index (Phi) is 6.66. The Morgan fingerprint density at radius 1 is 1.53 bits per heavy atom. The molecule has 0 unspecified atom stereocenters. The second kappa shape index (κ2) is 6.89. The van der Waals surface area contributed by atoms with E-state index in [1.807, 2.05) is 5.32 Å². The molecule has 0 aromatic rings. The minimum Gasteiger partial charge on any atom is -0.354 e. The van der Waals surface area contributed by atoms with E-state index in [0.29, 0.717) is 13.0 Å². The van der Waals surface area contributed by atoms with Crippen LogP contribution in [0.2, 0.25) is 0 Å². The summed E-state index contributed by atoms with van der Waals surface area (Å²) in [5, 5.41) is 1.97. The van der Waals surface area contributed by atoms with Crippen LogP contribution >= 0.6 is 7.60 Å². The third kappa shape index (κ3) is 8.49. The Labute approximate surface area is 87.1 Å². The molecule has 0 spiro atoms. The topological polar surface area (TPSA) is 148 Å². The number of ether oxygens (including phenoxy) is 1. The molecule has 0 saturated carbocycles. The first-order valence-electron chi connectivity index (χ1n) is 4.26. The summed E-state index contributed by atoms with van der Waals surface area (Å²) in [4.78, 5) is 28.0. The number of hydrogen-bond donors (Lipinski definition) is 5. The average molecular weight is 241 g/mol. The van der Waals surface area contributed by atoms with Crippen LogP contribution in [0.25, 0.3) is 0 Å². The first kappa shape index (κ1) is 14.5. The van der Waals surface area contributed by atoms with Crippen molar-refractivity contribution >= 4 is 13.5 Å². The van der Waals surface area contributed by atoms with E-state index in [1.165, 1.54) is 0 Å². The van der Waals surface area contributed by atoms with Crippen molar-refractivity contribution < 1.29 is 23.9 Å². The highest BCUT2D eigenvalue weighted by atomic mass is 31.2. The molecule has 0 rings (SSSR count). The highest BCUT2D eigenvalue weighted by Gasteiger charge is 2.18. The zero-order valence-electron chi connectivity index (χ0n) is 8.13. The number of carbonyl (C=O) groups excluding carboxylic acids is 1. The molecule has 0 aromatic carbocycles. The van der Waals surface area contributed by atoms with Gasteiger partial charge in [0.2, 0.25) is 0 Å². The number of nitrogens with two attached hydrogens (primary N) is 2. The minimum absolute atomic E-state index is 0.223. The molecule has 1 atom stereocenters. The van der Waals surface area contributed by atoms with Crippen LogP contribution < -0.4 is 16.8 Å². The normalized spacial score (nSPS) is 13.6. The fourth-order valence-corrected chi connectivity index (χ4v) is 1.01. The molecule has 0 fully saturated rings. The van der Waals surface area contributed by atoms with Gasteiger partial charge in [-0.25, -0.2) is 0 Å². The van der Waals surface area contributed by atoms with Crippen molar-refractivity contribution in [2.45, 2.75) is 12.6 Å². The molecule has 7 N–H and O–H groups in total. The third-order valence-corrected chi connectivity index (χ3v) is 1.93. The highest BCUT2D eigenvalue weighted by Crippen LogP contribution is 2.31. The van der Waals surface area contributed by atoms with Gasteiger partial charge in [-0.15, -0.1) is 0 Å². The lowest BCUT2D eigenvalue weighted by molar-refractivity contribution is -0.132. The molecule has 0 saturated heterocycles. The maximum absolute atomic E-state index is 11.0. The van der Waals surface area contributed by atoms with E-state index in [9.17, 15) is 9.36 Å². The third-order valence-electron chi connectivity index (χ3n) is 1.36. The predicted molar refractivity (Wildman–Crippen MR) is 52.7 cm³/mol. The smallest absolute Gasteiger partial charge is 0.344 e. The van der Waals surface area contributed by atoms with Crippen LogP contribution in [0.5, 0.6) is 0 Å². The van der Waals surface area contributed by atoms with E-state index >= 15 is 0 Å². The fraction of sp³-hybridized carbons (Fsp3) is 0.833. The second-order valence-electron chi connectivity index (χ2n) is 2.80. The predicted octanol–water partition coefficient (Wildman–Crippen LogP) is -2.11. The standard InChI is InChI=1S/C6H16N3O5P/c7-2-1-3-14-5(8)6(10)9-4-15(11,12)13/h5H,1-4,7-8H2,(H,9,10)(H2,11,12,13)/t5-/m0/s1.